The zero-order chi connectivity index (χ0) is 8.85. The maximum Gasteiger partial charge on any atom is 0.158 e. The van der Waals surface area contributed by atoms with E-state index in [2.05, 4.69) is 6.58 Å². The van der Waals surface area contributed by atoms with Gasteiger partial charge in [-0.25, -0.2) is 4.39 Å². The summed E-state index contributed by atoms with van der Waals surface area (Å²) in [7, 11) is 0. The van der Waals surface area contributed by atoms with Gasteiger partial charge >= 0.3 is 0 Å². The summed E-state index contributed by atoms with van der Waals surface area (Å²) in [6.45, 7) is 6.64. The molecule has 1 unspecified atom stereocenters. The lowest BCUT2D eigenvalue weighted by Crippen LogP contribution is -2.00. The molecule has 0 saturated heterocycles. The van der Waals surface area contributed by atoms with Crippen LogP contribution in [0.5, 0.6) is 0 Å². The fourth-order valence-electron chi connectivity index (χ4n) is 0.527. The lowest BCUT2D eigenvalue weighted by atomic mass is 10.2. The molecular formula is C8H13FOS. The van der Waals surface area contributed by atoms with E-state index in [0.29, 0.717) is 17.7 Å². The fourth-order valence-corrected chi connectivity index (χ4v) is 1.16. The van der Waals surface area contributed by atoms with Gasteiger partial charge in [0.2, 0.25) is 0 Å². The minimum absolute atomic E-state index is 0.0261. The molecule has 11 heavy (non-hydrogen) atoms. The van der Waals surface area contributed by atoms with Crippen LogP contribution < -0.4 is 0 Å². The Morgan fingerprint density at radius 3 is 2.64 bits per heavy atom. The summed E-state index contributed by atoms with van der Waals surface area (Å²) in [4.78, 5) is 10.9. The van der Waals surface area contributed by atoms with Crippen molar-refractivity contribution in [3.63, 3.8) is 0 Å². The molecule has 0 fully saturated rings. The second-order valence-corrected chi connectivity index (χ2v) is 3.76. The van der Waals surface area contributed by atoms with E-state index >= 15 is 0 Å². The van der Waals surface area contributed by atoms with E-state index in [9.17, 15) is 9.18 Å². The highest BCUT2D eigenvalue weighted by molar-refractivity contribution is 7.99. The number of alkyl halides is 1. The molecule has 0 aromatic heterocycles. The molecule has 3 heteroatoms. The summed E-state index contributed by atoms with van der Waals surface area (Å²) in [5.74, 6) is 0.571. The molecule has 0 saturated carbocycles. The molecule has 0 heterocycles. The van der Waals surface area contributed by atoms with E-state index in [0.717, 1.165) is 11.8 Å². The van der Waals surface area contributed by atoms with Gasteiger partial charge in [-0.3, -0.25) is 4.79 Å². The van der Waals surface area contributed by atoms with E-state index < -0.39 is 5.50 Å². The van der Waals surface area contributed by atoms with Crippen molar-refractivity contribution in [3.05, 3.63) is 12.2 Å². The van der Waals surface area contributed by atoms with Crippen molar-refractivity contribution >= 4 is 17.5 Å². The van der Waals surface area contributed by atoms with Crippen LogP contribution in [-0.4, -0.2) is 17.0 Å². The number of Topliss-reactive ketones (excluding diaryl/α,β-unsaturated/α-hetero) is 1. The Morgan fingerprint density at radius 2 is 2.27 bits per heavy atom. The standard InChI is InChI=1S/C8H13FOS/c1-6(2)8(10)4-5-11-7(3)9/h7H,1,4-5H2,2-3H3. The van der Waals surface area contributed by atoms with E-state index in [1.807, 2.05) is 0 Å². The number of allylic oxidation sites excluding steroid dienone is 1. The molecular weight excluding hydrogens is 163 g/mol. The average Bonchev–Trinajstić information content (AvgIpc) is 1.86. The molecule has 0 rings (SSSR count). The summed E-state index contributed by atoms with van der Waals surface area (Å²) in [5.41, 5.74) is -0.329. The zero-order valence-corrected chi connectivity index (χ0v) is 7.71. The van der Waals surface area contributed by atoms with Crippen molar-refractivity contribution in [2.75, 3.05) is 5.75 Å². The van der Waals surface area contributed by atoms with Gasteiger partial charge in [0.15, 0.2) is 5.78 Å². The van der Waals surface area contributed by atoms with Crippen LogP contribution in [0.4, 0.5) is 4.39 Å². The highest BCUT2D eigenvalue weighted by Gasteiger charge is 2.03. The van der Waals surface area contributed by atoms with Crippen LogP contribution in [-0.2, 0) is 4.79 Å². The van der Waals surface area contributed by atoms with Crippen LogP contribution in [0.15, 0.2) is 12.2 Å². The molecule has 0 amide bonds. The largest absolute Gasteiger partial charge is 0.295 e. The zero-order valence-electron chi connectivity index (χ0n) is 6.89. The molecule has 0 radical (unpaired) electrons. The molecule has 64 valence electrons. The number of carbonyl (C=O) groups excluding carboxylic acids is 1. The first kappa shape index (κ1) is 10.7. The second-order valence-electron chi connectivity index (χ2n) is 2.37. The number of ketones is 1. The van der Waals surface area contributed by atoms with Gasteiger partial charge in [-0.2, -0.15) is 0 Å². The Kier molecular flexibility index (Phi) is 5.20. The molecule has 0 bridgehead atoms. The predicted octanol–water partition coefficient (Wildman–Crippen LogP) is 2.57. The minimum atomic E-state index is -0.882. The monoisotopic (exact) mass is 176 g/mol. The predicted molar refractivity (Wildman–Crippen MR) is 47.5 cm³/mol. The smallest absolute Gasteiger partial charge is 0.158 e. The van der Waals surface area contributed by atoms with Crippen LogP contribution in [0.2, 0.25) is 0 Å². The Morgan fingerprint density at radius 1 is 1.73 bits per heavy atom. The van der Waals surface area contributed by atoms with Crippen molar-refractivity contribution in [2.45, 2.75) is 25.8 Å². The van der Waals surface area contributed by atoms with E-state index in [1.54, 1.807) is 6.92 Å². The Hall–Kier alpha value is -0.310. The first-order chi connectivity index (χ1) is 5.04. The highest BCUT2D eigenvalue weighted by Crippen LogP contribution is 2.13. The lowest BCUT2D eigenvalue weighted by molar-refractivity contribution is -0.115. The molecule has 0 aliphatic heterocycles. The first-order valence-corrected chi connectivity index (χ1v) is 4.53. The van der Waals surface area contributed by atoms with E-state index in [4.69, 9.17) is 0 Å². The van der Waals surface area contributed by atoms with Gasteiger partial charge in [0.05, 0.1) is 0 Å². The minimum Gasteiger partial charge on any atom is -0.295 e. The number of rotatable bonds is 5. The molecule has 1 nitrogen and oxygen atoms in total. The van der Waals surface area contributed by atoms with Gasteiger partial charge in [-0.05, 0) is 19.4 Å². The summed E-state index contributed by atoms with van der Waals surface area (Å²) in [6.07, 6.45) is 0.397. The van der Waals surface area contributed by atoms with Crippen molar-refractivity contribution < 1.29 is 9.18 Å². The van der Waals surface area contributed by atoms with Crippen molar-refractivity contribution in [1.82, 2.24) is 0 Å². The van der Waals surface area contributed by atoms with Gasteiger partial charge in [0.1, 0.15) is 5.50 Å². The SMILES string of the molecule is C=C(C)C(=O)CCSC(C)F. The number of halogens is 1. The average molecular weight is 176 g/mol. The van der Waals surface area contributed by atoms with Crippen molar-refractivity contribution in [3.8, 4) is 0 Å². The summed E-state index contributed by atoms with van der Waals surface area (Å²) < 4.78 is 12.2. The van der Waals surface area contributed by atoms with Crippen LogP contribution in [0.25, 0.3) is 0 Å². The molecule has 0 aromatic carbocycles. The quantitative estimate of drug-likeness (QED) is 0.599. The summed E-state index contributed by atoms with van der Waals surface area (Å²) in [6, 6.07) is 0. The van der Waals surface area contributed by atoms with Gasteiger partial charge in [0.25, 0.3) is 0 Å². The summed E-state index contributed by atoms with van der Waals surface area (Å²) >= 11 is 1.15. The number of hydrogen-bond donors (Lipinski definition) is 0. The Bertz CT molecular complexity index is 154. The molecule has 0 aromatic rings. The highest BCUT2D eigenvalue weighted by atomic mass is 32.2. The molecule has 0 aliphatic carbocycles. The van der Waals surface area contributed by atoms with E-state index in [-0.39, 0.29) is 5.78 Å². The molecule has 0 aliphatic rings. The lowest BCUT2D eigenvalue weighted by Gasteiger charge is -2.00. The van der Waals surface area contributed by atoms with Gasteiger partial charge in [-0.15, -0.1) is 11.8 Å². The Balaban J connectivity index is 3.40. The van der Waals surface area contributed by atoms with Crippen LogP contribution >= 0.6 is 11.8 Å². The Labute approximate surface area is 71.1 Å². The van der Waals surface area contributed by atoms with Crippen molar-refractivity contribution in [1.29, 1.82) is 0 Å². The fraction of sp³-hybridized carbons (Fsp3) is 0.625. The molecule has 0 N–H and O–H groups in total. The normalized spacial score (nSPS) is 12.6. The summed E-state index contributed by atoms with van der Waals surface area (Å²) in [5, 5.41) is 0. The second kappa shape index (κ2) is 5.35. The van der Waals surface area contributed by atoms with Crippen LogP contribution in [0.3, 0.4) is 0 Å². The first-order valence-electron chi connectivity index (χ1n) is 3.48. The maximum atomic E-state index is 12.2. The maximum absolute atomic E-state index is 12.2. The van der Waals surface area contributed by atoms with Gasteiger partial charge in [-0.1, -0.05) is 6.58 Å². The topological polar surface area (TPSA) is 17.1 Å². The van der Waals surface area contributed by atoms with Crippen molar-refractivity contribution in [2.24, 2.45) is 0 Å². The third-order valence-electron chi connectivity index (χ3n) is 1.15. The van der Waals surface area contributed by atoms with Gasteiger partial charge < -0.3 is 0 Å². The third-order valence-corrected chi connectivity index (χ3v) is 2.05. The molecule has 1 atom stereocenters. The third kappa shape index (κ3) is 6.10. The molecule has 0 spiro atoms. The number of thioether (sulfide) groups is 1. The van der Waals surface area contributed by atoms with Crippen LogP contribution in [0.1, 0.15) is 20.3 Å². The van der Waals surface area contributed by atoms with Gasteiger partial charge in [0, 0.05) is 12.2 Å². The van der Waals surface area contributed by atoms with Crippen LogP contribution in [0, 0.1) is 0 Å². The number of carbonyl (C=O) groups is 1. The number of hydrogen-bond acceptors (Lipinski definition) is 2. The van der Waals surface area contributed by atoms with E-state index in [1.165, 1.54) is 6.92 Å².